The summed E-state index contributed by atoms with van der Waals surface area (Å²) in [4.78, 5) is 1.09. The number of thiophene rings is 1. The van der Waals surface area contributed by atoms with Crippen LogP contribution in [-0.2, 0) is 0 Å². The van der Waals surface area contributed by atoms with Crippen molar-refractivity contribution in [3.63, 3.8) is 0 Å². The Morgan fingerprint density at radius 2 is 1.94 bits per heavy atom. The number of alkyl halides is 1. The van der Waals surface area contributed by atoms with Gasteiger partial charge >= 0.3 is 0 Å². The predicted octanol–water partition coefficient (Wildman–Crippen LogP) is 5.64. The summed E-state index contributed by atoms with van der Waals surface area (Å²) >= 11 is 11.2. The molecule has 1 heterocycles. The van der Waals surface area contributed by atoms with Crippen molar-refractivity contribution in [2.45, 2.75) is 18.7 Å². The lowest BCUT2D eigenvalue weighted by molar-refractivity contribution is 0.624. The fourth-order valence-electron chi connectivity index (χ4n) is 1.68. The second kappa shape index (κ2) is 5.09. The van der Waals surface area contributed by atoms with Crippen molar-refractivity contribution in [2.75, 3.05) is 0 Å². The van der Waals surface area contributed by atoms with E-state index in [1.54, 1.807) is 6.07 Å². The van der Waals surface area contributed by atoms with Gasteiger partial charge in [0.05, 0.1) is 9.16 Å². The molecule has 0 saturated heterocycles. The van der Waals surface area contributed by atoms with E-state index in [1.807, 2.05) is 26.0 Å². The lowest BCUT2D eigenvalue weighted by Crippen LogP contribution is -1.92. The highest BCUT2D eigenvalue weighted by Gasteiger charge is 2.15. The molecule has 0 aliphatic carbocycles. The summed E-state index contributed by atoms with van der Waals surface area (Å²) in [6.45, 7) is 3.86. The molecule has 0 nitrogen and oxygen atoms in total. The summed E-state index contributed by atoms with van der Waals surface area (Å²) in [6, 6.07) is 7.09. The average Bonchev–Trinajstić information content (AvgIpc) is 2.57. The largest absolute Gasteiger partial charge is 0.207 e. The molecule has 2 aromatic rings. The Balaban J connectivity index is 2.39. The molecule has 0 fully saturated rings. The van der Waals surface area contributed by atoms with Crippen molar-refractivity contribution in [1.82, 2.24) is 0 Å². The van der Waals surface area contributed by atoms with Gasteiger partial charge in [-0.2, -0.15) is 0 Å². The molecule has 0 aliphatic rings. The summed E-state index contributed by atoms with van der Waals surface area (Å²) in [7, 11) is 0. The minimum Gasteiger partial charge on any atom is -0.207 e. The first kappa shape index (κ1) is 13.1. The van der Waals surface area contributed by atoms with Gasteiger partial charge in [-0.1, -0.05) is 33.6 Å². The first-order chi connectivity index (χ1) is 7.97. The van der Waals surface area contributed by atoms with Gasteiger partial charge in [0.1, 0.15) is 5.82 Å². The van der Waals surface area contributed by atoms with E-state index in [0.717, 1.165) is 25.9 Å². The third-order valence-corrected chi connectivity index (χ3v) is 5.43. The minimum absolute atomic E-state index is 0.00639. The molecular formula is C13H11BrClFS. The van der Waals surface area contributed by atoms with Crippen LogP contribution in [-0.4, -0.2) is 0 Å². The molecular weight excluding hydrogens is 323 g/mol. The maximum Gasteiger partial charge on any atom is 0.123 e. The molecule has 0 amide bonds. The summed E-state index contributed by atoms with van der Waals surface area (Å²) in [5.74, 6) is -0.205. The fourth-order valence-corrected chi connectivity index (χ4v) is 3.58. The van der Waals surface area contributed by atoms with Crippen molar-refractivity contribution in [3.05, 3.63) is 56.0 Å². The van der Waals surface area contributed by atoms with Crippen LogP contribution in [0.15, 0.2) is 24.3 Å². The monoisotopic (exact) mass is 332 g/mol. The van der Waals surface area contributed by atoms with Crippen LogP contribution in [0.4, 0.5) is 4.39 Å². The second-order valence-corrected chi connectivity index (χ2v) is 6.63. The lowest BCUT2D eigenvalue weighted by Gasteiger charge is -2.09. The number of aryl methyl sites for hydroxylation is 2. The number of hydrogen-bond donors (Lipinski definition) is 0. The van der Waals surface area contributed by atoms with Crippen LogP contribution < -0.4 is 0 Å². The standard InChI is InChI=1S/C13H11BrClFS/c1-7-3-9(6-10(16)4-7)12(14)11-5-8(2)13(15)17-11/h3-6,12H,1-2H3. The number of benzene rings is 1. The highest BCUT2D eigenvalue weighted by Crippen LogP contribution is 2.39. The van der Waals surface area contributed by atoms with Crippen LogP contribution in [0, 0.1) is 19.7 Å². The zero-order valence-electron chi connectivity index (χ0n) is 9.43. The molecule has 1 atom stereocenters. The zero-order valence-corrected chi connectivity index (χ0v) is 12.6. The molecule has 0 N–H and O–H groups in total. The maximum absolute atomic E-state index is 13.3. The van der Waals surface area contributed by atoms with Crippen LogP contribution in [0.2, 0.25) is 4.34 Å². The molecule has 4 heteroatoms. The topological polar surface area (TPSA) is 0 Å². The fraction of sp³-hybridized carbons (Fsp3) is 0.231. The molecule has 2 rings (SSSR count). The van der Waals surface area contributed by atoms with Gasteiger partial charge in [0.2, 0.25) is 0 Å². The summed E-state index contributed by atoms with van der Waals surface area (Å²) < 4.78 is 14.1. The van der Waals surface area contributed by atoms with Crippen LogP contribution in [0.3, 0.4) is 0 Å². The van der Waals surface area contributed by atoms with Crippen molar-refractivity contribution in [2.24, 2.45) is 0 Å². The molecule has 0 aliphatic heterocycles. The molecule has 0 spiro atoms. The SMILES string of the molecule is Cc1cc(F)cc(C(Br)c2cc(C)c(Cl)s2)c1. The molecule has 90 valence electrons. The average molecular weight is 334 g/mol. The van der Waals surface area contributed by atoms with Gasteiger partial charge in [0.15, 0.2) is 0 Å². The number of halogens is 3. The van der Waals surface area contributed by atoms with Crippen LogP contribution in [0.1, 0.15) is 26.4 Å². The third kappa shape index (κ3) is 2.90. The molecule has 17 heavy (non-hydrogen) atoms. The first-order valence-electron chi connectivity index (χ1n) is 5.14. The Morgan fingerprint density at radius 1 is 1.24 bits per heavy atom. The summed E-state index contributed by atoms with van der Waals surface area (Å²) in [5, 5.41) is 0. The van der Waals surface area contributed by atoms with Crippen LogP contribution in [0.25, 0.3) is 0 Å². The van der Waals surface area contributed by atoms with Crippen molar-refractivity contribution >= 4 is 38.9 Å². The normalized spacial score (nSPS) is 12.8. The highest BCUT2D eigenvalue weighted by atomic mass is 79.9. The Labute approximate surface area is 118 Å². The molecule has 0 saturated carbocycles. The van der Waals surface area contributed by atoms with Crippen molar-refractivity contribution < 1.29 is 4.39 Å². The van der Waals surface area contributed by atoms with E-state index in [4.69, 9.17) is 11.6 Å². The Kier molecular flexibility index (Phi) is 3.91. The summed E-state index contributed by atoms with van der Waals surface area (Å²) in [6.07, 6.45) is 0. The van der Waals surface area contributed by atoms with Crippen LogP contribution >= 0.6 is 38.9 Å². The Morgan fingerprint density at radius 3 is 2.47 bits per heavy atom. The van der Waals surface area contributed by atoms with Crippen LogP contribution in [0.5, 0.6) is 0 Å². The van der Waals surface area contributed by atoms with Gasteiger partial charge in [-0.25, -0.2) is 4.39 Å². The van der Waals surface area contributed by atoms with Gasteiger partial charge in [0.25, 0.3) is 0 Å². The van der Waals surface area contributed by atoms with E-state index in [-0.39, 0.29) is 10.6 Å². The van der Waals surface area contributed by atoms with E-state index in [9.17, 15) is 4.39 Å². The smallest absolute Gasteiger partial charge is 0.123 e. The minimum atomic E-state index is -0.205. The molecule has 1 unspecified atom stereocenters. The van der Waals surface area contributed by atoms with Gasteiger partial charge in [-0.15, -0.1) is 11.3 Å². The molecule has 0 radical (unpaired) electrons. The van der Waals surface area contributed by atoms with Gasteiger partial charge in [-0.05, 0) is 48.7 Å². The van der Waals surface area contributed by atoms with Crippen molar-refractivity contribution in [3.8, 4) is 0 Å². The van der Waals surface area contributed by atoms with E-state index >= 15 is 0 Å². The van der Waals surface area contributed by atoms with Gasteiger partial charge in [0, 0.05) is 4.88 Å². The van der Waals surface area contributed by atoms with E-state index < -0.39 is 0 Å². The van der Waals surface area contributed by atoms with Gasteiger partial charge in [-0.3, -0.25) is 0 Å². The molecule has 0 bridgehead atoms. The number of hydrogen-bond acceptors (Lipinski definition) is 1. The highest BCUT2D eigenvalue weighted by molar-refractivity contribution is 9.09. The summed E-state index contributed by atoms with van der Waals surface area (Å²) in [5.41, 5.74) is 2.90. The quantitative estimate of drug-likeness (QED) is 0.624. The number of rotatable bonds is 2. The first-order valence-corrected chi connectivity index (χ1v) is 7.25. The van der Waals surface area contributed by atoms with E-state index in [1.165, 1.54) is 17.4 Å². The van der Waals surface area contributed by atoms with E-state index in [2.05, 4.69) is 15.9 Å². The predicted molar refractivity (Wildman–Crippen MR) is 76.0 cm³/mol. The lowest BCUT2D eigenvalue weighted by atomic mass is 10.1. The molecule has 1 aromatic carbocycles. The third-order valence-electron chi connectivity index (χ3n) is 2.48. The van der Waals surface area contributed by atoms with E-state index in [0.29, 0.717) is 0 Å². The second-order valence-electron chi connectivity index (χ2n) is 4.03. The van der Waals surface area contributed by atoms with Gasteiger partial charge < -0.3 is 0 Å². The Bertz CT molecular complexity index is 511. The maximum atomic E-state index is 13.3. The van der Waals surface area contributed by atoms with Crippen molar-refractivity contribution in [1.29, 1.82) is 0 Å². The Hall–Kier alpha value is -0.380. The molecule has 1 aromatic heterocycles. The zero-order chi connectivity index (χ0) is 12.6.